The monoisotopic (exact) mass is 335 g/mol. The van der Waals surface area contributed by atoms with Gasteiger partial charge in [-0.2, -0.15) is 0 Å². The summed E-state index contributed by atoms with van der Waals surface area (Å²) in [7, 11) is 0. The van der Waals surface area contributed by atoms with Crippen LogP contribution in [0.4, 0.5) is 13.2 Å². The van der Waals surface area contributed by atoms with Crippen molar-refractivity contribution in [1.82, 2.24) is 4.90 Å². The van der Waals surface area contributed by atoms with Gasteiger partial charge in [-0.25, -0.2) is 0 Å². The molecule has 1 aliphatic rings. The topological polar surface area (TPSA) is 29.5 Å². The van der Waals surface area contributed by atoms with E-state index in [-0.39, 0.29) is 17.7 Å². The molecular formula is C18H16F3NO2. The van der Waals surface area contributed by atoms with Crippen LogP contribution < -0.4 is 4.74 Å². The van der Waals surface area contributed by atoms with Crippen molar-refractivity contribution in [2.24, 2.45) is 0 Å². The third kappa shape index (κ3) is 3.69. The molecule has 1 aliphatic heterocycles. The van der Waals surface area contributed by atoms with E-state index in [1.165, 1.54) is 12.1 Å². The zero-order valence-electron chi connectivity index (χ0n) is 12.8. The standard InChI is InChI=1S/C18H16F3NO2/c19-18(20,21)24-15-10-8-14(9-11-15)17(23)22-12-4-7-16(22)13-5-2-1-3-6-13/h1-3,5-6,8-11,16H,4,7,12H2. The van der Waals surface area contributed by atoms with Crippen molar-refractivity contribution in [2.75, 3.05) is 6.54 Å². The van der Waals surface area contributed by atoms with E-state index < -0.39 is 6.36 Å². The maximum absolute atomic E-state index is 12.7. The van der Waals surface area contributed by atoms with E-state index in [1.54, 1.807) is 4.90 Å². The van der Waals surface area contributed by atoms with E-state index in [2.05, 4.69) is 4.74 Å². The Morgan fingerprint density at radius 3 is 2.33 bits per heavy atom. The fourth-order valence-corrected chi connectivity index (χ4v) is 3.00. The quantitative estimate of drug-likeness (QED) is 0.823. The number of carbonyl (C=O) groups excluding carboxylic acids is 1. The predicted molar refractivity (Wildman–Crippen MR) is 82.6 cm³/mol. The Bertz CT molecular complexity index is 698. The van der Waals surface area contributed by atoms with Crippen LogP contribution in [0.3, 0.4) is 0 Å². The Hall–Kier alpha value is -2.50. The van der Waals surface area contributed by atoms with Crippen molar-refractivity contribution in [3.8, 4) is 5.75 Å². The molecule has 0 spiro atoms. The van der Waals surface area contributed by atoms with Gasteiger partial charge in [0.2, 0.25) is 0 Å². The molecule has 0 aliphatic carbocycles. The highest BCUT2D eigenvalue weighted by atomic mass is 19.4. The van der Waals surface area contributed by atoms with Crippen LogP contribution in [0.5, 0.6) is 5.75 Å². The van der Waals surface area contributed by atoms with Gasteiger partial charge >= 0.3 is 6.36 Å². The summed E-state index contributed by atoms with van der Waals surface area (Å²) in [5.41, 5.74) is 1.42. The zero-order chi connectivity index (χ0) is 17.2. The second-order valence-corrected chi connectivity index (χ2v) is 5.64. The molecule has 1 fully saturated rings. The summed E-state index contributed by atoms with van der Waals surface area (Å²) in [6.45, 7) is 0.638. The van der Waals surface area contributed by atoms with Crippen molar-refractivity contribution in [3.05, 3.63) is 65.7 Å². The molecule has 0 aromatic heterocycles. The second kappa shape index (κ2) is 6.55. The highest BCUT2D eigenvalue weighted by molar-refractivity contribution is 5.94. The number of likely N-dealkylation sites (tertiary alicyclic amines) is 1. The molecule has 6 heteroatoms. The Labute approximate surface area is 137 Å². The Morgan fingerprint density at radius 1 is 1.04 bits per heavy atom. The van der Waals surface area contributed by atoms with Gasteiger partial charge in [0, 0.05) is 12.1 Å². The number of ether oxygens (including phenoxy) is 1. The lowest BCUT2D eigenvalue weighted by Crippen LogP contribution is -2.30. The molecule has 0 saturated carbocycles. The highest BCUT2D eigenvalue weighted by Crippen LogP contribution is 2.33. The van der Waals surface area contributed by atoms with Crippen LogP contribution in [0.15, 0.2) is 54.6 Å². The first kappa shape index (κ1) is 16.4. The summed E-state index contributed by atoms with van der Waals surface area (Å²) in [6.07, 6.45) is -2.95. The van der Waals surface area contributed by atoms with Crippen molar-refractivity contribution in [2.45, 2.75) is 25.2 Å². The van der Waals surface area contributed by atoms with Crippen molar-refractivity contribution in [1.29, 1.82) is 0 Å². The number of halogens is 3. The third-order valence-corrected chi connectivity index (χ3v) is 4.03. The van der Waals surface area contributed by atoms with Crippen LogP contribution >= 0.6 is 0 Å². The van der Waals surface area contributed by atoms with Crippen LogP contribution in [0.25, 0.3) is 0 Å². The summed E-state index contributed by atoms with van der Waals surface area (Å²) in [5.74, 6) is -0.514. The maximum atomic E-state index is 12.7. The minimum absolute atomic E-state index is 0.00445. The zero-order valence-corrected chi connectivity index (χ0v) is 12.8. The second-order valence-electron chi connectivity index (χ2n) is 5.64. The molecular weight excluding hydrogens is 319 g/mol. The van der Waals surface area contributed by atoms with E-state index >= 15 is 0 Å². The van der Waals surface area contributed by atoms with E-state index in [9.17, 15) is 18.0 Å². The summed E-state index contributed by atoms with van der Waals surface area (Å²) < 4.78 is 40.4. The molecule has 0 bridgehead atoms. The van der Waals surface area contributed by atoms with Gasteiger partial charge in [0.15, 0.2) is 0 Å². The lowest BCUT2D eigenvalue weighted by molar-refractivity contribution is -0.274. The lowest BCUT2D eigenvalue weighted by Gasteiger charge is -2.25. The fourth-order valence-electron chi connectivity index (χ4n) is 3.00. The molecule has 126 valence electrons. The first-order valence-corrected chi connectivity index (χ1v) is 7.66. The minimum atomic E-state index is -4.74. The van der Waals surface area contributed by atoms with Gasteiger partial charge in [-0.05, 0) is 42.7 Å². The molecule has 1 heterocycles. The fraction of sp³-hybridized carbons (Fsp3) is 0.278. The first-order valence-electron chi connectivity index (χ1n) is 7.66. The molecule has 3 nitrogen and oxygen atoms in total. The van der Waals surface area contributed by atoms with E-state index in [1.807, 2.05) is 30.3 Å². The average molecular weight is 335 g/mol. The molecule has 2 aromatic carbocycles. The minimum Gasteiger partial charge on any atom is -0.406 e. The third-order valence-electron chi connectivity index (χ3n) is 4.03. The smallest absolute Gasteiger partial charge is 0.406 e. The van der Waals surface area contributed by atoms with Crippen LogP contribution in [0.2, 0.25) is 0 Å². The van der Waals surface area contributed by atoms with Gasteiger partial charge < -0.3 is 9.64 Å². The van der Waals surface area contributed by atoms with Crippen molar-refractivity contribution in [3.63, 3.8) is 0 Å². The molecule has 0 radical (unpaired) electrons. The number of benzene rings is 2. The van der Waals surface area contributed by atoms with Gasteiger partial charge in [-0.3, -0.25) is 4.79 Å². The SMILES string of the molecule is O=C(c1ccc(OC(F)(F)F)cc1)N1CCCC1c1ccccc1. The lowest BCUT2D eigenvalue weighted by atomic mass is 10.0. The Morgan fingerprint density at radius 2 is 1.71 bits per heavy atom. The molecule has 24 heavy (non-hydrogen) atoms. The largest absolute Gasteiger partial charge is 0.573 e. The normalized spacial score (nSPS) is 17.8. The molecule has 2 aromatic rings. The van der Waals surface area contributed by atoms with Crippen LogP contribution in [0.1, 0.15) is 34.8 Å². The first-order chi connectivity index (χ1) is 11.4. The van der Waals surface area contributed by atoms with Gasteiger partial charge in [0.05, 0.1) is 6.04 Å². The van der Waals surface area contributed by atoms with E-state index in [4.69, 9.17) is 0 Å². The van der Waals surface area contributed by atoms with E-state index in [0.29, 0.717) is 12.1 Å². The average Bonchev–Trinajstić information content (AvgIpc) is 3.04. The van der Waals surface area contributed by atoms with Crippen molar-refractivity contribution < 1.29 is 22.7 Å². The summed E-state index contributed by atoms with van der Waals surface area (Å²) in [6, 6.07) is 14.8. The van der Waals surface area contributed by atoms with Crippen LogP contribution in [0, 0.1) is 0 Å². The number of rotatable bonds is 3. The molecule has 1 amide bonds. The molecule has 1 unspecified atom stereocenters. The molecule has 1 saturated heterocycles. The number of hydrogen-bond acceptors (Lipinski definition) is 2. The summed E-state index contributed by atoms with van der Waals surface area (Å²) in [4.78, 5) is 14.5. The Kier molecular flexibility index (Phi) is 4.46. The molecule has 0 N–H and O–H groups in total. The highest BCUT2D eigenvalue weighted by Gasteiger charge is 2.32. The number of alkyl halides is 3. The number of nitrogens with zero attached hydrogens (tertiary/aromatic N) is 1. The van der Waals surface area contributed by atoms with Gasteiger partial charge in [-0.1, -0.05) is 30.3 Å². The van der Waals surface area contributed by atoms with Crippen LogP contribution in [-0.4, -0.2) is 23.7 Å². The predicted octanol–water partition coefficient (Wildman–Crippen LogP) is 4.56. The maximum Gasteiger partial charge on any atom is 0.573 e. The summed E-state index contributed by atoms with van der Waals surface area (Å²) in [5, 5.41) is 0. The van der Waals surface area contributed by atoms with Crippen LogP contribution in [-0.2, 0) is 0 Å². The van der Waals surface area contributed by atoms with Gasteiger partial charge in [0.1, 0.15) is 5.75 Å². The molecule has 3 rings (SSSR count). The van der Waals surface area contributed by atoms with Crippen molar-refractivity contribution >= 4 is 5.91 Å². The molecule has 1 atom stereocenters. The van der Waals surface area contributed by atoms with Gasteiger partial charge in [0.25, 0.3) is 5.91 Å². The number of hydrogen-bond donors (Lipinski definition) is 0. The number of carbonyl (C=O) groups is 1. The Balaban J connectivity index is 1.76. The van der Waals surface area contributed by atoms with E-state index in [0.717, 1.165) is 30.5 Å². The summed E-state index contributed by atoms with van der Waals surface area (Å²) >= 11 is 0. The number of amides is 1. The van der Waals surface area contributed by atoms with Gasteiger partial charge in [-0.15, -0.1) is 13.2 Å².